The molecule has 0 unspecified atom stereocenters. The lowest BCUT2D eigenvalue weighted by molar-refractivity contribution is -0.396. The van der Waals surface area contributed by atoms with Crippen molar-refractivity contribution in [3.05, 3.63) is 99.3 Å². The number of nitrogens with two attached hydrogens (primary N) is 2. The molecule has 40 heavy (non-hydrogen) atoms. The molecule has 18 nitrogen and oxygen atoms in total. The van der Waals surface area contributed by atoms with Gasteiger partial charge in [0.15, 0.2) is 0 Å². The molecule has 2 aromatic rings. The average molecular weight is 562 g/mol. The number of nitro groups is 4. The van der Waals surface area contributed by atoms with Crippen LogP contribution in [0, 0.1) is 40.5 Å². The number of carbonyl (C=O) groups excluding carboxylic acids is 2. The summed E-state index contributed by atoms with van der Waals surface area (Å²) in [7, 11) is 0. The molecule has 0 atom stereocenters. The van der Waals surface area contributed by atoms with Crippen LogP contribution in [0.2, 0.25) is 0 Å². The largest absolute Gasteiger partial charge is 0.457 e. The predicted octanol–water partition coefficient (Wildman–Crippen LogP) is 2.45. The summed E-state index contributed by atoms with van der Waals surface area (Å²) < 4.78 is 9.97. The van der Waals surface area contributed by atoms with E-state index in [1.807, 2.05) is 0 Å². The molecule has 4 N–H and O–H groups in total. The zero-order valence-electron chi connectivity index (χ0n) is 20.5. The van der Waals surface area contributed by atoms with Crippen molar-refractivity contribution in [2.24, 2.45) is 11.5 Å². The van der Waals surface area contributed by atoms with Crippen LogP contribution in [0.1, 0.15) is 30.4 Å². The molecule has 18 heteroatoms. The number of hydrogen-bond donors (Lipinski definition) is 2. The summed E-state index contributed by atoms with van der Waals surface area (Å²) in [4.78, 5) is 67.1. The van der Waals surface area contributed by atoms with Crippen molar-refractivity contribution < 1.29 is 38.8 Å². The Kier molecular flexibility index (Phi) is 10.6. The number of rotatable bonds is 14. The molecular formula is C22H22N6O12. The van der Waals surface area contributed by atoms with Crippen LogP contribution in [-0.2, 0) is 32.3 Å². The Morgan fingerprint density at radius 2 is 1.05 bits per heavy atom. The van der Waals surface area contributed by atoms with Crippen molar-refractivity contribution in [2.75, 3.05) is 6.54 Å². The third kappa shape index (κ3) is 7.51. The summed E-state index contributed by atoms with van der Waals surface area (Å²) >= 11 is 0. The van der Waals surface area contributed by atoms with E-state index in [0.29, 0.717) is 6.42 Å². The van der Waals surface area contributed by atoms with Crippen LogP contribution in [0.4, 0.5) is 22.7 Å². The molecule has 212 valence electrons. The molecule has 0 heterocycles. The number of unbranched alkanes of at least 4 members (excludes halogenated alkanes) is 1. The quantitative estimate of drug-likeness (QED) is 0.110. The van der Waals surface area contributed by atoms with Crippen molar-refractivity contribution >= 4 is 34.7 Å². The molecule has 0 saturated heterocycles. The summed E-state index contributed by atoms with van der Waals surface area (Å²) in [6, 6.07) is 6.03. The van der Waals surface area contributed by atoms with Gasteiger partial charge < -0.3 is 20.9 Å². The molecule has 0 spiro atoms. The molecule has 0 bridgehead atoms. The fraction of sp³-hybridized carbons (Fsp3) is 0.273. The van der Waals surface area contributed by atoms with Crippen LogP contribution in [0.15, 0.2) is 47.7 Å². The van der Waals surface area contributed by atoms with Gasteiger partial charge in [0.05, 0.1) is 25.3 Å². The number of hydrogen-bond acceptors (Lipinski definition) is 14. The molecule has 0 aliphatic heterocycles. The standard InChI is InChI=1S/C22H22N6O12/c23-10-2-1-5-13(21(29)39-11-14-16(25(31)32)6-3-7-17(14)26(33)34)20(24)22(30)40-12-15-18(27(35)36)8-4-9-19(15)28(37)38/h3-4,6-9H,1-2,5,10-12,23-24H2. The zero-order valence-corrected chi connectivity index (χ0v) is 20.5. The Balaban J connectivity index is 2.36. The van der Waals surface area contributed by atoms with E-state index in [1.54, 1.807) is 0 Å². The van der Waals surface area contributed by atoms with Crippen LogP contribution in [0.25, 0.3) is 0 Å². The highest BCUT2D eigenvalue weighted by atomic mass is 16.6. The second-order valence-electron chi connectivity index (χ2n) is 7.87. The second-order valence-corrected chi connectivity index (χ2v) is 7.87. The van der Waals surface area contributed by atoms with Gasteiger partial charge in [0, 0.05) is 24.3 Å². The number of benzene rings is 2. The normalized spacial score (nSPS) is 11.2. The van der Waals surface area contributed by atoms with Gasteiger partial charge in [0.1, 0.15) is 30.0 Å². The molecule has 0 amide bonds. The Morgan fingerprint density at radius 1 is 0.675 bits per heavy atom. The first-order valence-corrected chi connectivity index (χ1v) is 11.2. The van der Waals surface area contributed by atoms with Crippen LogP contribution in [0.5, 0.6) is 0 Å². The maximum Gasteiger partial charge on any atom is 0.355 e. The van der Waals surface area contributed by atoms with E-state index in [1.165, 1.54) is 0 Å². The summed E-state index contributed by atoms with van der Waals surface area (Å²) in [6.45, 7) is -1.66. The van der Waals surface area contributed by atoms with Gasteiger partial charge in [0.25, 0.3) is 22.7 Å². The smallest absolute Gasteiger partial charge is 0.355 e. The molecular weight excluding hydrogens is 540 g/mol. The Labute approximate surface area is 223 Å². The molecule has 0 aliphatic carbocycles. The van der Waals surface area contributed by atoms with Crippen LogP contribution in [-0.4, -0.2) is 38.2 Å². The highest BCUT2D eigenvalue weighted by Crippen LogP contribution is 2.30. The summed E-state index contributed by atoms with van der Waals surface area (Å²) in [6.07, 6.45) is 0.398. The molecule has 2 aromatic carbocycles. The van der Waals surface area contributed by atoms with Gasteiger partial charge in [-0.2, -0.15) is 0 Å². The first-order chi connectivity index (χ1) is 18.9. The molecule has 0 fully saturated rings. The minimum absolute atomic E-state index is 0.193. The van der Waals surface area contributed by atoms with Crippen molar-refractivity contribution in [1.29, 1.82) is 0 Å². The maximum absolute atomic E-state index is 12.9. The van der Waals surface area contributed by atoms with E-state index < -0.39 is 90.0 Å². The molecule has 0 aromatic heterocycles. The Hall–Kier alpha value is -5.52. The Bertz CT molecular complexity index is 1330. The van der Waals surface area contributed by atoms with Crippen LogP contribution >= 0.6 is 0 Å². The van der Waals surface area contributed by atoms with Crippen LogP contribution in [0.3, 0.4) is 0 Å². The van der Waals surface area contributed by atoms with Gasteiger partial charge in [-0.05, 0) is 37.9 Å². The first kappa shape index (κ1) is 30.7. The van der Waals surface area contributed by atoms with E-state index in [9.17, 15) is 50.0 Å². The SMILES string of the molecule is NCCCCC(C(=O)OCc1c([N+](=O)[O-])cccc1[N+](=O)[O-])=C(N)C(=O)OCc1c([N+](=O)[O-])cccc1[N+](=O)[O-]. The number of carbonyl (C=O) groups is 2. The van der Waals surface area contributed by atoms with Crippen molar-refractivity contribution in [3.8, 4) is 0 Å². The monoisotopic (exact) mass is 562 g/mol. The van der Waals surface area contributed by atoms with Crippen LogP contribution < -0.4 is 11.5 Å². The predicted molar refractivity (Wildman–Crippen MR) is 133 cm³/mol. The molecule has 0 radical (unpaired) electrons. The maximum atomic E-state index is 12.9. The first-order valence-electron chi connectivity index (χ1n) is 11.2. The van der Waals surface area contributed by atoms with E-state index in [-0.39, 0.29) is 19.4 Å². The van der Waals surface area contributed by atoms with Gasteiger partial charge in [-0.1, -0.05) is 0 Å². The highest BCUT2D eigenvalue weighted by molar-refractivity contribution is 5.99. The fourth-order valence-corrected chi connectivity index (χ4v) is 3.46. The highest BCUT2D eigenvalue weighted by Gasteiger charge is 2.29. The lowest BCUT2D eigenvalue weighted by atomic mass is 10.1. The lowest BCUT2D eigenvalue weighted by Gasteiger charge is -2.12. The molecule has 2 rings (SSSR count). The second kappa shape index (κ2) is 13.9. The third-order valence-electron chi connectivity index (χ3n) is 5.41. The summed E-state index contributed by atoms with van der Waals surface area (Å²) in [5.41, 5.74) is 6.19. The fourth-order valence-electron chi connectivity index (χ4n) is 3.46. The summed E-state index contributed by atoms with van der Waals surface area (Å²) in [5, 5.41) is 45.2. The minimum atomic E-state index is -1.37. The molecule has 0 aliphatic rings. The van der Waals surface area contributed by atoms with E-state index >= 15 is 0 Å². The van der Waals surface area contributed by atoms with Gasteiger partial charge in [-0.3, -0.25) is 40.5 Å². The Morgan fingerprint density at radius 3 is 1.40 bits per heavy atom. The molecule has 0 saturated carbocycles. The van der Waals surface area contributed by atoms with Gasteiger partial charge in [-0.25, -0.2) is 9.59 Å². The lowest BCUT2D eigenvalue weighted by Crippen LogP contribution is -2.22. The zero-order chi connectivity index (χ0) is 30.0. The number of esters is 2. The third-order valence-corrected chi connectivity index (χ3v) is 5.41. The van der Waals surface area contributed by atoms with Crippen molar-refractivity contribution in [1.82, 2.24) is 0 Å². The average Bonchev–Trinajstić information content (AvgIpc) is 2.91. The van der Waals surface area contributed by atoms with E-state index in [2.05, 4.69) is 0 Å². The van der Waals surface area contributed by atoms with Gasteiger partial charge >= 0.3 is 11.9 Å². The van der Waals surface area contributed by atoms with Gasteiger partial charge in [0.2, 0.25) is 0 Å². The number of nitro benzene ring substituents is 4. The summed E-state index contributed by atoms with van der Waals surface area (Å²) in [5.74, 6) is -2.63. The van der Waals surface area contributed by atoms with E-state index in [0.717, 1.165) is 36.4 Å². The topological polar surface area (TPSA) is 277 Å². The number of ether oxygens (including phenoxy) is 2. The minimum Gasteiger partial charge on any atom is -0.457 e. The van der Waals surface area contributed by atoms with E-state index in [4.69, 9.17) is 20.9 Å². The van der Waals surface area contributed by atoms with Gasteiger partial charge in [-0.15, -0.1) is 0 Å². The van der Waals surface area contributed by atoms with Crippen molar-refractivity contribution in [2.45, 2.75) is 32.5 Å². The number of nitrogens with zero attached hydrogens (tertiary/aromatic N) is 4. The van der Waals surface area contributed by atoms with Crippen molar-refractivity contribution in [3.63, 3.8) is 0 Å².